The highest BCUT2D eigenvalue weighted by Gasteiger charge is 2.58. The van der Waals surface area contributed by atoms with Crippen molar-refractivity contribution in [3.05, 3.63) is 34.2 Å². The van der Waals surface area contributed by atoms with E-state index in [-0.39, 0.29) is 48.9 Å². The molecule has 5 N–H and O–H groups in total. The molecule has 0 aromatic heterocycles. The number of aliphatic carboxylic acids is 1. The van der Waals surface area contributed by atoms with Gasteiger partial charge in [0.1, 0.15) is 30.3 Å². The fourth-order valence-electron chi connectivity index (χ4n) is 8.08. The zero-order chi connectivity index (χ0) is 35.3. The first-order valence-corrected chi connectivity index (χ1v) is 16.6. The number of urea groups is 1. The summed E-state index contributed by atoms with van der Waals surface area (Å²) in [6, 6.07) is 2.61. The fraction of sp³-hybridized carbons (Fsp3) is 0.656. The molecule has 2 saturated carbocycles. The van der Waals surface area contributed by atoms with Crippen molar-refractivity contribution in [3.8, 4) is 5.75 Å². The molecule has 3 aliphatic rings. The van der Waals surface area contributed by atoms with Crippen LogP contribution in [0.4, 0.5) is 4.79 Å². The average molecular weight is 696 g/mol. The maximum Gasteiger partial charge on any atom is 0.345 e. The van der Waals surface area contributed by atoms with Crippen molar-refractivity contribution in [2.24, 2.45) is 28.5 Å². The average Bonchev–Trinajstić information content (AvgIpc) is 3.43. The van der Waals surface area contributed by atoms with Gasteiger partial charge in [0.05, 0.1) is 11.8 Å². The number of halogens is 1. The molecule has 16 heteroatoms. The Morgan fingerprint density at radius 3 is 2.50 bits per heavy atom. The maximum absolute atomic E-state index is 13.0. The number of nitrogens with one attached hydrogen (secondary N) is 1. The molecule has 264 valence electrons. The van der Waals surface area contributed by atoms with Crippen LogP contribution in [0.5, 0.6) is 5.75 Å². The number of carbonyl (C=O) groups excluding carboxylic acids is 4. The molecule has 2 fully saturated rings. The molecule has 4 rings (SSSR count). The molecular weight excluding hydrogens is 654 g/mol. The molecule has 0 aliphatic heterocycles. The number of hydrogen-bond donors (Lipinski definition) is 5. The van der Waals surface area contributed by atoms with E-state index in [2.05, 4.69) is 5.29 Å². The third-order valence-corrected chi connectivity index (χ3v) is 10.7. The van der Waals surface area contributed by atoms with E-state index in [1.54, 1.807) is 13.0 Å². The van der Waals surface area contributed by atoms with Crippen LogP contribution in [0.1, 0.15) is 69.4 Å². The zero-order valence-electron chi connectivity index (χ0n) is 26.7. The van der Waals surface area contributed by atoms with Gasteiger partial charge in [-0.1, -0.05) is 19.9 Å². The normalized spacial score (nSPS) is 27.4. The van der Waals surface area contributed by atoms with Gasteiger partial charge in [0, 0.05) is 18.2 Å². The number of hydrogen-bond acceptors (Lipinski definition) is 12. The number of aryl methyl sites for hydroxylation is 1. The number of aldehydes is 1. The van der Waals surface area contributed by atoms with Gasteiger partial charge in [0.25, 0.3) is 0 Å². The van der Waals surface area contributed by atoms with Crippen molar-refractivity contribution in [2.45, 2.75) is 95.2 Å². The van der Waals surface area contributed by atoms with Gasteiger partial charge in [0.2, 0.25) is 6.10 Å². The summed E-state index contributed by atoms with van der Waals surface area (Å²) in [6.45, 7) is 3.40. The van der Waals surface area contributed by atoms with Crippen LogP contribution < -0.4 is 10.1 Å². The first-order valence-electron chi connectivity index (χ1n) is 16.0. The van der Waals surface area contributed by atoms with Crippen LogP contribution in [0.3, 0.4) is 0 Å². The molecule has 15 nitrogen and oxygen atoms in total. The van der Waals surface area contributed by atoms with Gasteiger partial charge in [-0.3, -0.25) is 4.79 Å². The first kappa shape index (κ1) is 37.2. The Morgan fingerprint density at radius 1 is 1.15 bits per heavy atom. The van der Waals surface area contributed by atoms with Crippen molar-refractivity contribution in [3.63, 3.8) is 0 Å². The highest BCUT2D eigenvalue weighted by molar-refractivity contribution is 6.18. The molecule has 0 saturated heterocycles. The molecular formula is C32H42ClN3O12. The second-order valence-electron chi connectivity index (χ2n) is 13.0. The summed E-state index contributed by atoms with van der Waals surface area (Å²) < 4.78 is 10.7. The number of aliphatic hydroxyl groups excluding tert-OH is 3. The number of aliphatic hydroxyl groups is 3. The van der Waals surface area contributed by atoms with E-state index in [0.717, 1.165) is 24.8 Å². The summed E-state index contributed by atoms with van der Waals surface area (Å²) in [5, 5.41) is 46.4. The van der Waals surface area contributed by atoms with Gasteiger partial charge >= 0.3 is 23.9 Å². The lowest BCUT2D eigenvalue weighted by molar-refractivity contribution is -0.185. The smallest absolute Gasteiger partial charge is 0.345 e. The minimum Gasteiger partial charge on any atom is -0.478 e. The van der Waals surface area contributed by atoms with Crippen LogP contribution in [0, 0.1) is 28.1 Å². The minimum absolute atomic E-state index is 0.00711. The number of amides is 2. The van der Waals surface area contributed by atoms with Crippen molar-refractivity contribution < 1.29 is 53.9 Å². The lowest BCUT2D eigenvalue weighted by Gasteiger charge is -2.51. The molecule has 10 atom stereocenters. The number of carbonyl (C=O) groups is 5. The van der Waals surface area contributed by atoms with Gasteiger partial charge in [-0.15, -0.1) is 16.5 Å². The minimum atomic E-state index is -2.48. The molecule has 1 aromatic carbocycles. The van der Waals surface area contributed by atoms with Gasteiger partial charge in [-0.2, -0.15) is 5.01 Å². The predicted octanol–water partition coefficient (Wildman–Crippen LogP) is 2.05. The summed E-state index contributed by atoms with van der Waals surface area (Å²) in [5.74, 6) is -2.92. The highest BCUT2D eigenvalue weighted by atomic mass is 35.5. The highest BCUT2D eigenvalue weighted by Crippen LogP contribution is 2.64. The van der Waals surface area contributed by atoms with Crippen molar-refractivity contribution in [2.75, 3.05) is 12.4 Å². The standard InChI is InChI=1S/C32H42ClN3O12/c1-3-24(38)47-17-5-7-18-16(14-17)4-6-20-19(18)10-11-32(2)21(20)8-9-22(32)28(29(42)43)48-30(44)27(41)26(40)25(39)23(15-37)34-31(45)36(35-46)13-12-33/h5,7,14-15,19-23,25-28,39-41H,3-4,6,8-13H2,1-2H3,(H,34,45)(H,42,43)/t19-,20-,21+,22-,23+,25-,26+,27+,28?,32+/m1/s1. The second kappa shape index (κ2) is 15.7. The van der Waals surface area contributed by atoms with Crippen molar-refractivity contribution in [1.82, 2.24) is 10.3 Å². The van der Waals surface area contributed by atoms with E-state index in [0.29, 0.717) is 30.0 Å². The van der Waals surface area contributed by atoms with E-state index >= 15 is 0 Å². The SMILES string of the molecule is CCC(=O)Oc1ccc2c(c1)CC[C@@H]1[C@@H]2CC[C@]2(C)[C@@H](C(OC(=O)[C@@H](O)[C@@H](O)[C@H](O)[C@H](C=O)NC(=O)N(CCCl)N=O)C(=O)O)CC[C@@H]12. The monoisotopic (exact) mass is 695 g/mol. The molecule has 0 radical (unpaired) electrons. The quantitative estimate of drug-likeness (QED) is 0.0470. The number of carboxylic acids is 1. The van der Waals surface area contributed by atoms with Crippen LogP contribution in [-0.2, 0) is 30.3 Å². The number of ether oxygens (including phenoxy) is 2. The Morgan fingerprint density at radius 2 is 1.88 bits per heavy atom. The Hall–Kier alpha value is -3.66. The lowest BCUT2D eigenvalue weighted by atomic mass is 9.53. The van der Waals surface area contributed by atoms with Crippen LogP contribution in [0.2, 0.25) is 0 Å². The summed E-state index contributed by atoms with van der Waals surface area (Å²) >= 11 is 5.49. The van der Waals surface area contributed by atoms with Crippen molar-refractivity contribution in [1.29, 1.82) is 0 Å². The van der Waals surface area contributed by atoms with Gasteiger partial charge in [-0.05, 0) is 85.0 Å². The first-order chi connectivity index (χ1) is 22.8. The number of alkyl halides is 1. The number of carboxylic acid groups (broad SMARTS) is 1. The molecule has 3 aliphatic carbocycles. The summed E-state index contributed by atoms with van der Waals surface area (Å²) in [4.78, 5) is 71.8. The third-order valence-electron chi connectivity index (χ3n) is 10.5. The zero-order valence-corrected chi connectivity index (χ0v) is 27.5. The van der Waals surface area contributed by atoms with Gasteiger partial charge in [0.15, 0.2) is 6.10 Å². The Kier molecular flexibility index (Phi) is 12.2. The molecule has 2 amide bonds. The third kappa shape index (κ3) is 7.48. The van der Waals surface area contributed by atoms with Gasteiger partial charge < -0.3 is 40.0 Å². The summed E-state index contributed by atoms with van der Waals surface area (Å²) in [6.07, 6.45) is -4.32. The number of benzene rings is 1. The van der Waals surface area contributed by atoms with E-state index in [1.807, 2.05) is 24.4 Å². The molecule has 0 spiro atoms. The maximum atomic E-state index is 13.0. The van der Waals surface area contributed by atoms with E-state index in [9.17, 15) is 49.3 Å². The van der Waals surface area contributed by atoms with Crippen LogP contribution >= 0.6 is 11.6 Å². The predicted molar refractivity (Wildman–Crippen MR) is 168 cm³/mol. The summed E-state index contributed by atoms with van der Waals surface area (Å²) in [5.41, 5.74) is 1.81. The van der Waals surface area contributed by atoms with Crippen molar-refractivity contribution >= 4 is 41.8 Å². The fourth-order valence-corrected chi connectivity index (χ4v) is 8.24. The van der Waals surface area contributed by atoms with E-state index in [1.165, 1.54) is 5.56 Å². The number of esters is 2. The Bertz CT molecular complexity index is 1400. The van der Waals surface area contributed by atoms with E-state index in [4.69, 9.17) is 21.1 Å². The number of fused-ring (bicyclic) bond motifs is 5. The number of rotatable bonds is 14. The molecule has 0 bridgehead atoms. The molecule has 1 aromatic rings. The lowest BCUT2D eigenvalue weighted by Crippen LogP contribution is -2.56. The Labute approximate surface area is 281 Å². The summed E-state index contributed by atoms with van der Waals surface area (Å²) in [7, 11) is 0. The largest absolute Gasteiger partial charge is 0.478 e. The molecule has 0 heterocycles. The number of nitroso groups, excluding NO2 is 1. The number of nitrogens with zero attached hydrogens (tertiary/aromatic N) is 2. The van der Waals surface area contributed by atoms with Gasteiger partial charge in [-0.25, -0.2) is 14.4 Å². The molecule has 1 unspecified atom stereocenters. The topological polar surface area (TPSA) is 229 Å². The van der Waals surface area contributed by atoms with Crippen LogP contribution in [-0.4, -0.2) is 98.5 Å². The Balaban J connectivity index is 1.44. The van der Waals surface area contributed by atoms with Crippen LogP contribution in [0.15, 0.2) is 23.5 Å². The van der Waals surface area contributed by atoms with Crippen LogP contribution in [0.25, 0.3) is 0 Å². The second-order valence-corrected chi connectivity index (χ2v) is 13.3. The van der Waals surface area contributed by atoms with E-state index < -0.39 is 59.8 Å². The molecule has 48 heavy (non-hydrogen) atoms.